The van der Waals surface area contributed by atoms with Crippen molar-refractivity contribution in [2.24, 2.45) is 0 Å². The first-order chi connectivity index (χ1) is 9.79. The lowest BCUT2D eigenvalue weighted by molar-refractivity contribution is -0.140. The molecule has 21 heavy (non-hydrogen) atoms. The Morgan fingerprint density at radius 3 is 2.57 bits per heavy atom. The molecule has 2 nitrogen and oxygen atoms in total. The van der Waals surface area contributed by atoms with Gasteiger partial charge in [0, 0.05) is 5.56 Å². The number of rotatable bonds is 3. The molecule has 0 radical (unpaired) electrons. The molecule has 0 aliphatic carbocycles. The average molecular weight is 317 g/mol. The largest absolute Gasteiger partial charge is 0.419 e. The predicted molar refractivity (Wildman–Crippen MR) is 71.6 cm³/mol. The van der Waals surface area contributed by atoms with Crippen LogP contribution in [-0.2, 0) is 6.18 Å². The number of halogens is 4. The first-order valence-corrected chi connectivity index (χ1v) is 6.93. The standard InChI is InChI=1S/C14H11F4NOS/c1-8(10-4-5-21-7-10)19-13(20)9-2-3-12(15)11(6-9)14(16,17)18/h2-8H,1H3,(H,19,20). The van der Waals surface area contributed by atoms with Gasteiger partial charge in [-0.2, -0.15) is 24.5 Å². The third-order valence-corrected chi connectivity index (χ3v) is 3.63. The van der Waals surface area contributed by atoms with Gasteiger partial charge in [-0.1, -0.05) is 0 Å². The van der Waals surface area contributed by atoms with Crippen LogP contribution in [0.4, 0.5) is 17.6 Å². The monoisotopic (exact) mass is 317 g/mol. The van der Waals surface area contributed by atoms with E-state index in [0.29, 0.717) is 12.1 Å². The summed E-state index contributed by atoms with van der Waals surface area (Å²) in [4.78, 5) is 11.9. The van der Waals surface area contributed by atoms with E-state index in [-0.39, 0.29) is 11.6 Å². The Morgan fingerprint density at radius 1 is 1.29 bits per heavy atom. The van der Waals surface area contributed by atoms with Crippen molar-refractivity contribution >= 4 is 17.2 Å². The first-order valence-electron chi connectivity index (χ1n) is 5.98. The molecule has 0 aliphatic rings. The van der Waals surface area contributed by atoms with Gasteiger partial charge < -0.3 is 5.32 Å². The second kappa shape index (κ2) is 5.85. The van der Waals surface area contributed by atoms with E-state index in [1.807, 2.05) is 10.8 Å². The Bertz CT molecular complexity index is 637. The molecule has 1 heterocycles. The maximum Gasteiger partial charge on any atom is 0.419 e. The summed E-state index contributed by atoms with van der Waals surface area (Å²) >= 11 is 1.45. The number of hydrogen-bond donors (Lipinski definition) is 1. The van der Waals surface area contributed by atoms with Crippen LogP contribution >= 0.6 is 11.3 Å². The van der Waals surface area contributed by atoms with Crippen LogP contribution in [0.2, 0.25) is 0 Å². The zero-order valence-electron chi connectivity index (χ0n) is 10.9. The van der Waals surface area contributed by atoms with Crippen molar-refractivity contribution in [1.82, 2.24) is 5.32 Å². The number of benzene rings is 1. The maximum atomic E-state index is 13.2. The molecule has 0 fully saturated rings. The average Bonchev–Trinajstić information content (AvgIpc) is 2.91. The maximum absolute atomic E-state index is 13.2. The molecular formula is C14H11F4NOS. The number of thiophene rings is 1. The Labute approximate surface area is 122 Å². The van der Waals surface area contributed by atoms with Crippen LogP contribution in [-0.4, -0.2) is 5.91 Å². The van der Waals surface area contributed by atoms with Crippen molar-refractivity contribution in [3.8, 4) is 0 Å². The van der Waals surface area contributed by atoms with Crippen molar-refractivity contribution in [1.29, 1.82) is 0 Å². The molecule has 2 aromatic rings. The van der Waals surface area contributed by atoms with Gasteiger partial charge in [-0.15, -0.1) is 0 Å². The Balaban J connectivity index is 2.20. The first kappa shape index (κ1) is 15.5. The fraction of sp³-hybridized carbons (Fsp3) is 0.214. The van der Waals surface area contributed by atoms with Gasteiger partial charge in [0.2, 0.25) is 0 Å². The van der Waals surface area contributed by atoms with Crippen LogP contribution in [0.5, 0.6) is 0 Å². The molecule has 0 spiro atoms. The van der Waals surface area contributed by atoms with Crippen LogP contribution in [0, 0.1) is 5.82 Å². The highest BCUT2D eigenvalue weighted by Gasteiger charge is 2.34. The van der Waals surface area contributed by atoms with Gasteiger partial charge in [-0.05, 0) is 47.5 Å². The molecule has 112 valence electrons. The van der Waals surface area contributed by atoms with Gasteiger partial charge in [-0.3, -0.25) is 4.79 Å². The van der Waals surface area contributed by atoms with Crippen molar-refractivity contribution in [3.63, 3.8) is 0 Å². The molecule has 0 aliphatic heterocycles. The number of carbonyl (C=O) groups is 1. The lowest BCUT2D eigenvalue weighted by atomic mass is 10.1. The zero-order chi connectivity index (χ0) is 15.6. The summed E-state index contributed by atoms with van der Waals surface area (Å²) in [6.07, 6.45) is -4.83. The third kappa shape index (κ3) is 3.60. The molecule has 0 saturated carbocycles. The van der Waals surface area contributed by atoms with Gasteiger partial charge in [0.1, 0.15) is 5.82 Å². The summed E-state index contributed by atoms with van der Waals surface area (Å²) in [6.45, 7) is 1.72. The van der Waals surface area contributed by atoms with Gasteiger partial charge in [0.05, 0.1) is 11.6 Å². The molecule has 0 bridgehead atoms. The minimum atomic E-state index is -4.83. The Kier molecular flexibility index (Phi) is 4.32. The van der Waals surface area contributed by atoms with E-state index in [9.17, 15) is 22.4 Å². The normalized spacial score (nSPS) is 13.0. The highest BCUT2D eigenvalue weighted by molar-refractivity contribution is 7.07. The molecule has 1 aromatic carbocycles. The van der Waals surface area contributed by atoms with E-state index in [2.05, 4.69) is 5.32 Å². The van der Waals surface area contributed by atoms with Crippen LogP contribution < -0.4 is 5.32 Å². The highest BCUT2D eigenvalue weighted by atomic mass is 32.1. The van der Waals surface area contributed by atoms with Crippen LogP contribution in [0.25, 0.3) is 0 Å². The molecular weight excluding hydrogens is 306 g/mol. The molecule has 1 N–H and O–H groups in total. The Hall–Kier alpha value is -1.89. The smallest absolute Gasteiger partial charge is 0.345 e. The number of carbonyl (C=O) groups excluding carboxylic acids is 1. The molecule has 1 amide bonds. The van der Waals surface area contributed by atoms with E-state index in [4.69, 9.17) is 0 Å². The summed E-state index contributed by atoms with van der Waals surface area (Å²) in [6, 6.07) is 3.66. The summed E-state index contributed by atoms with van der Waals surface area (Å²) in [7, 11) is 0. The number of alkyl halides is 3. The van der Waals surface area contributed by atoms with Gasteiger partial charge in [-0.25, -0.2) is 4.39 Å². The quantitative estimate of drug-likeness (QED) is 0.836. The third-order valence-electron chi connectivity index (χ3n) is 2.92. The van der Waals surface area contributed by atoms with Crippen LogP contribution in [0.1, 0.15) is 34.5 Å². The molecule has 1 aromatic heterocycles. The van der Waals surface area contributed by atoms with E-state index < -0.39 is 23.5 Å². The molecule has 2 rings (SSSR count). The fourth-order valence-corrected chi connectivity index (χ4v) is 2.52. The highest BCUT2D eigenvalue weighted by Crippen LogP contribution is 2.32. The predicted octanol–water partition coefficient (Wildman–Crippen LogP) is 4.40. The molecule has 1 atom stereocenters. The zero-order valence-corrected chi connectivity index (χ0v) is 11.7. The minimum absolute atomic E-state index is 0.231. The molecule has 0 saturated heterocycles. The molecule has 1 unspecified atom stereocenters. The second-order valence-corrected chi connectivity index (χ2v) is 5.22. The lowest BCUT2D eigenvalue weighted by Gasteiger charge is -2.14. The summed E-state index contributed by atoms with van der Waals surface area (Å²) < 4.78 is 51.0. The van der Waals surface area contributed by atoms with Crippen LogP contribution in [0.15, 0.2) is 35.0 Å². The van der Waals surface area contributed by atoms with Gasteiger partial charge >= 0.3 is 6.18 Å². The van der Waals surface area contributed by atoms with Crippen molar-refractivity contribution < 1.29 is 22.4 Å². The Morgan fingerprint density at radius 2 is 2.00 bits per heavy atom. The van der Waals surface area contributed by atoms with Crippen LogP contribution in [0.3, 0.4) is 0 Å². The SMILES string of the molecule is CC(NC(=O)c1ccc(F)c(C(F)(F)F)c1)c1ccsc1. The van der Waals surface area contributed by atoms with E-state index in [1.54, 1.807) is 13.0 Å². The lowest BCUT2D eigenvalue weighted by Crippen LogP contribution is -2.26. The minimum Gasteiger partial charge on any atom is -0.345 e. The summed E-state index contributed by atoms with van der Waals surface area (Å²) in [5.74, 6) is -2.08. The number of amides is 1. The summed E-state index contributed by atoms with van der Waals surface area (Å²) in [5.41, 5.74) is -0.823. The molecule has 7 heteroatoms. The topological polar surface area (TPSA) is 29.1 Å². The summed E-state index contributed by atoms with van der Waals surface area (Å²) in [5, 5.41) is 6.24. The van der Waals surface area contributed by atoms with Crippen molar-refractivity contribution in [2.45, 2.75) is 19.1 Å². The van der Waals surface area contributed by atoms with E-state index in [1.165, 1.54) is 11.3 Å². The van der Waals surface area contributed by atoms with Gasteiger partial charge in [0.15, 0.2) is 0 Å². The fourth-order valence-electron chi connectivity index (χ4n) is 1.77. The number of hydrogen-bond acceptors (Lipinski definition) is 2. The van der Waals surface area contributed by atoms with Gasteiger partial charge in [0.25, 0.3) is 5.91 Å². The van der Waals surface area contributed by atoms with Crippen molar-refractivity contribution in [3.05, 3.63) is 57.5 Å². The second-order valence-electron chi connectivity index (χ2n) is 4.44. The van der Waals surface area contributed by atoms with E-state index in [0.717, 1.165) is 11.6 Å². The number of nitrogens with one attached hydrogen (secondary N) is 1. The van der Waals surface area contributed by atoms with Crippen molar-refractivity contribution in [2.75, 3.05) is 0 Å². The van der Waals surface area contributed by atoms with E-state index >= 15 is 0 Å².